The Kier molecular flexibility index (Phi) is 3.62. The van der Waals surface area contributed by atoms with Gasteiger partial charge in [0, 0.05) is 18.5 Å². The van der Waals surface area contributed by atoms with Crippen LogP contribution in [0.5, 0.6) is 0 Å². The number of aliphatic hydroxyl groups excluding tert-OH is 1. The molecule has 0 aliphatic heterocycles. The first-order chi connectivity index (χ1) is 8.61. The third kappa shape index (κ3) is 2.51. The number of nitrogens with one attached hydrogen (secondary N) is 1. The Hall–Kier alpha value is -1.88. The number of para-hydroxylation sites is 1. The number of rotatable bonds is 4. The topological polar surface area (TPSA) is 62.5 Å². The van der Waals surface area contributed by atoms with Crippen molar-refractivity contribution < 1.29 is 18.7 Å². The van der Waals surface area contributed by atoms with Crippen molar-refractivity contribution >= 4 is 16.9 Å². The zero-order valence-electron chi connectivity index (χ0n) is 9.94. The largest absolute Gasteiger partial charge is 0.448 e. The van der Waals surface area contributed by atoms with E-state index in [0.717, 1.165) is 0 Å². The molecule has 2 rings (SSSR count). The molecule has 2 aromatic rings. The van der Waals surface area contributed by atoms with Gasteiger partial charge < -0.3 is 14.8 Å². The molecule has 0 spiro atoms. The molecule has 0 aliphatic rings. The Morgan fingerprint density at radius 2 is 2.33 bits per heavy atom. The van der Waals surface area contributed by atoms with Crippen LogP contribution < -0.4 is 5.32 Å². The lowest BCUT2D eigenvalue weighted by molar-refractivity contribution is 0.0916. The Morgan fingerprint density at radius 3 is 3.00 bits per heavy atom. The highest BCUT2D eigenvalue weighted by atomic mass is 19.1. The van der Waals surface area contributed by atoms with Gasteiger partial charge >= 0.3 is 0 Å². The third-order valence-corrected chi connectivity index (χ3v) is 2.64. The van der Waals surface area contributed by atoms with E-state index >= 15 is 0 Å². The average Bonchev–Trinajstić information content (AvgIpc) is 2.81. The van der Waals surface area contributed by atoms with Gasteiger partial charge in [0.15, 0.2) is 17.2 Å². The Labute approximate surface area is 103 Å². The lowest BCUT2D eigenvalue weighted by atomic mass is 10.2. The molecule has 1 aromatic heterocycles. The zero-order chi connectivity index (χ0) is 13.1. The average molecular weight is 251 g/mol. The summed E-state index contributed by atoms with van der Waals surface area (Å²) in [6, 6.07) is 6.01. The van der Waals surface area contributed by atoms with E-state index in [4.69, 9.17) is 9.52 Å². The van der Waals surface area contributed by atoms with E-state index in [2.05, 4.69) is 5.32 Å². The van der Waals surface area contributed by atoms with Crippen molar-refractivity contribution in [3.63, 3.8) is 0 Å². The maximum absolute atomic E-state index is 13.4. The van der Waals surface area contributed by atoms with Gasteiger partial charge in [-0.3, -0.25) is 4.79 Å². The number of hydrogen-bond acceptors (Lipinski definition) is 3. The normalized spacial score (nSPS) is 12.6. The number of furan rings is 1. The highest BCUT2D eigenvalue weighted by Gasteiger charge is 2.14. The Morgan fingerprint density at radius 1 is 1.56 bits per heavy atom. The van der Waals surface area contributed by atoms with Gasteiger partial charge in [0.1, 0.15) is 0 Å². The van der Waals surface area contributed by atoms with Gasteiger partial charge in [-0.25, -0.2) is 4.39 Å². The van der Waals surface area contributed by atoms with Crippen molar-refractivity contribution in [2.75, 3.05) is 13.2 Å². The van der Waals surface area contributed by atoms with Crippen molar-refractivity contribution in [1.82, 2.24) is 5.32 Å². The summed E-state index contributed by atoms with van der Waals surface area (Å²) in [5, 5.41) is 12.0. The fourth-order valence-electron chi connectivity index (χ4n) is 1.56. The summed E-state index contributed by atoms with van der Waals surface area (Å²) in [7, 11) is 0. The van der Waals surface area contributed by atoms with Gasteiger partial charge in [-0.05, 0) is 18.1 Å². The van der Waals surface area contributed by atoms with E-state index in [-0.39, 0.29) is 23.9 Å². The molecular weight excluding hydrogens is 237 g/mol. The number of fused-ring (bicyclic) bond motifs is 1. The van der Waals surface area contributed by atoms with Gasteiger partial charge in [-0.2, -0.15) is 0 Å². The van der Waals surface area contributed by atoms with Crippen molar-refractivity contribution in [2.45, 2.75) is 6.92 Å². The Balaban J connectivity index is 2.16. The molecule has 0 aliphatic carbocycles. The van der Waals surface area contributed by atoms with Crippen molar-refractivity contribution in [1.29, 1.82) is 0 Å². The standard InChI is InChI=1S/C13H14FNO3/c1-8(7-16)6-15-13(17)11-5-9-3-2-4-10(14)12(9)18-11/h2-5,8,16H,6-7H2,1H3,(H,15,17)/t8-/m0/s1. The van der Waals surface area contributed by atoms with E-state index in [0.29, 0.717) is 11.9 Å². The predicted octanol–water partition coefficient (Wildman–Crippen LogP) is 1.93. The molecule has 1 heterocycles. The summed E-state index contributed by atoms with van der Waals surface area (Å²) in [6.45, 7) is 2.14. The molecule has 1 amide bonds. The monoisotopic (exact) mass is 251 g/mol. The number of carbonyl (C=O) groups is 1. The summed E-state index contributed by atoms with van der Waals surface area (Å²) < 4.78 is 18.6. The van der Waals surface area contributed by atoms with E-state index in [1.54, 1.807) is 19.1 Å². The molecule has 0 saturated carbocycles. The van der Waals surface area contributed by atoms with Gasteiger partial charge in [-0.1, -0.05) is 19.1 Å². The highest BCUT2D eigenvalue weighted by Crippen LogP contribution is 2.21. The lowest BCUT2D eigenvalue weighted by Gasteiger charge is -2.07. The number of halogens is 1. The molecule has 1 aromatic carbocycles. The second kappa shape index (κ2) is 5.18. The van der Waals surface area contributed by atoms with Crippen LogP contribution >= 0.6 is 0 Å². The maximum atomic E-state index is 13.4. The number of benzene rings is 1. The van der Waals surface area contributed by atoms with E-state index < -0.39 is 11.7 Å². The first-order valence-corrected chi connectivity index (χ1v) is 5.69. The summed E-state index contributed by atoms with van der Waals surface area (Å²) in [4.78, 5) is 11.7. The lowest BCUT2D eigenvalue weighted by Crippen LogP contribution is -2.29. The predicted molar refractivity (Wildman–Crippen MR) is 64.8 cm³/mol. The second-order valence-electron chi connectivity index (χ2n) is 4.27. The molecule has 18 heavy (non-hydrogen) atoms. The molecule has 0 radical (unpaired) electrons. The smallest absolute Gasteiger partial charge is 0.287 e. The molecule has 5 heteroatoms. The molecule has 0 bridgehead atoms. The van der Waals surface area contributed by atoms with Crippen LogP contribution in [0, 0.1) is 11.7 Å². The minimum absolute atomic E-state index is 0.00492. The van der Waals surface area contributed by atoms with E-state index in [1.807, 2.05) is 0 Å². The van der Waals surface area contributed by atoms with Crippen LogP contribution in [0.1, 0.15) is 17.5 Å². The number of hydrogen-bond donors (Lipinski definition) is 2. The van der Waals surface area contributed by atoms with Crippen molar-refractivity contribution in [2.24, 2.45) is 5.92 Å². The molecule has 2 N–H and O–H groups in total. The summed E-state index contributed by atoms with van der Waals surface area (Å²) in [5.41, 5.74) is 0.0813. The zero-order valence-corrected chi connectivity index (χ0v) is 9.94. The van der Waals surface area contributed by atoms with Crippen LogP contribution in [0.3, 0.4) is 0 Å². The summed E-state index contributed by atoms with van der Waals surface area (Å²) >= 11 is 0. The molecule has 0 unspecified atom stereocenters. The van der Waals surface area contributed by atoms with Gasteiger partial charge in [0.25, 0.3) is 5.91 Å². The van der Waals surface area contributed by atoms with Gasteiger partial charge in [0.05, 0.1) is 0 Å². The minimum atomic E-state index is -0.490. The Bertz CT molecular complexity index is 564. The van der Waals surface area contributed by atoms with Crippen LogP contribution in [0.25, 0.3) is 11.0 Å². The molecule has 0 saturated heterocycles. The highest BCUT2D eigenvalue weighted by molar-refractivity contribution is 5.96. The first-order valence-electron chi connectivity index (χ1n) is 5.69. The van der Waals surface area contributed by atoms with Crippen LogP contribution in [0.4, 0.5) is 4.39 Å². The SMILES string of the molecule is C[C@H](CO)CNC(=O)c1cc2cccc(F)c2o1. The van der Waals surface area contributed by atoms with Crippen LogP contribution in [0.2, 0.25) is 0 Å². The minimum Gasteiger partial charge on any atom is -0.448 e. The third-order valence-electron chi connectivity index (χ3n) is 2.64. The number of aliphatic hydroxyl groups is 1. The fourth-order valence-corrected chi connectivity index (χ4v) is 1.56. The molecule has 96 valence electrons. The van der Waals surface area contributed by atoms with Crippen molar-refractivity contribution in [3.05, 3.63) is 35.8 Å². The maximum Gasteiger partial charge on any atom is 0.287 e. The van der Waals surface area contributed by atoms with Gasteiger partial charge in [0.2, 0.25) is 0 Å². The van der Waals surface area contributed by atoms with E-state index in [1.165, 1.54) is 12.1 Å². The number of carbonyl (C=O) groups excluding carboxylic acids is 1. The second-order valence-corrected chi connectivity index (χ2v) is 4.27. The fraction of sp³-hybridized carbons (Fsp3) is 0.308. The van der Waals surface area contributed by atoms with Gasteiger partial charge in [-0.15, -0.1) is 0 Å². The molecule has 0 fully saturated rings. The van der Waals surface area contributed by atoms with Crippen LogP contribution in [-0.4, -0.2) is 24.2 Å². The molecule has 4 nitrogen and oxygen atoms in total. The summed E-state index contributed by atoms with van der Waals surface area (Å²) in [6.07, 6.45) is 0. The molecule has 1 atom stereocenters. The quantitative estimate of drug-likeness (QED) is 0.872. The number of amides is 1. The summed E-state index contributed by atoms with van der Waals surface area (Å²) in [5.74, 6) is -0.864. The first kappa shape index (κ1) is 12.6. The van der Waals surface area contributed by atoms with Crippen LogP contribution in [0.15, 0.2) is 28.7 Å². The molecular formula is C13H14FNO3. The van der Waals surface area contributed by atoms with Crippen molar-refractivity contribution in [3.8, 4) is 0 Å². The van der Waals surface area contributed by atoms with E-state index in [9.17, 15) is 9.18 Å². The van der Waals surface area contributed by atoms with Crippen LogP contribution in [-0.2, 0) is 0 Å².